The first kappa shape index (κ1) is 15.0. The normalized spacial score (nSPS) is 19.6. The van der Waals surface area contributed by atoms with E-state index in [2.05, 4.69) is 28.2 Å². The largest absolute Gasteiger partial charge is 0.327 e. The van der Waals surface area contributed by atoms with Crippen LogP contribution in [-0.4, -0.2) is 33.8 Å². The van der Waals surface area contributed by atoms with E-state index in [4.69, 9.17) is 5.73 Å². The van der Waals surface area contributed by atoms with Gasteiger partial charge in [-0.2, -0.15) is 5.10 Å². The summed E-state index contributed by atoms with van der Waals surface area (Å²) in [6.07, 6.45) is 4.21. The maximum Gasteiger partial charge on any atom is 0.0649 e. The fourth-order valence-electron chi connectivity index (χ4n) is 2.72. The quantitative estimate of drug-likeness (QED) is 0.943. The lowest BCUT2D eigenvalue weighted by molar-refractivity contribution is 0.198. The maximum atomic E-state index is 6.04. The molecule has 3 rings (SSSR count). The van der Waals surface area contributed by atoms with Gasteiger partial charge in [-0.3, -0.25) is 4.90 Å². The van der Waals surface area contributed by atoms with Gasteiger partial charge in [0.15, 0.2) is 0 Å². The highest BCUT2D eigenvalue weighted by Crippen LogP contribution is 2.15. The van der Waals surface area contributed by atoms with Crippen molar-refractivity contribution in [1.29, 1.82) is 0 Å². The monoisotopic (exact) mass is 292 g/mol. The Kier molecular flexibility index (Phi) is 5.17. The number of nitrogens with zero attached hydrogens (tertiary/aromatic N) is 3. The summed E-state index contributed by atoms with van der Waals surface area (Å²) in [4.78, 5) is 2.42. The maximum absolute atomic E-state index is 6.04. The number of halogens is 1. The first-order valence-electron chi connectivity index (χ1n) is 6.89. The SMILES string of the molecule is Cl.NC1CCCN(Cc2ccnn2-c2ccccc2)C1. The molecule has 5 heteroatoms. The van der Waals surface area contributed by atoms with Crippen molar-refractivity contribution in [3.63, 3.8) is 0 Å². The third-order valence-electron chi connectivity index (χ3n) is 3.65. The van der Waals surface area contributed by atoms with E-state index in [1.54, 1.807) is 0 Å². The Morgan fingerprint density at radius 1 is 1.20 bits per heavy atom. The van der Waals surface area contributed by atoms with E-state index < -0.39 is 0 Å². The summed E-state index contributed by atoms with van der Waals surface area (Å²) in [6, 6.07) is 12.7. The molecule has 2 aromatic rings. The molecule has 1 unspecified atom stereocenters. The van der Waals surface area contributed by atoms with Crippen LogP contribution in [0.15, 0.2) is 42.6 Å². The molecular formula is C15H21ClN4. The van der Waals surface area contributed by atoms with Gasteiger partial charge in [0.25, 0.3) is 0 Å². The van der Waals surface area contributed by atoms with Gasteiger partial charge in [0.2, 0.25) is 0 Å². The molecular weight excluding hydrogens is 272 g/mol. The molecule has 1 aromatic heterocycles. The fourth-order valence-corrected chi connectivity index (χ4v) is 2.72. The van der Waals surface area contributed by atoms with E-state index in [9.17, 15) is 0 Å². The zero-order chi connectivity index (χ0) is 13.1. The Morgan fingerprint density at radius 2 is 2.00 bits per heavy atom. The summed E-state index contributed by atoms with van der Waals surface area (Å²) < 4.78 is 2.01. The summed E-state index contributed by atoms with van der Waals surface area (Å²) in [5.41, 5.74) is 8.38. The van der Waals surface area contributed by atoms with Gasteiger partial charge >= 0.3 is 0 Å². The van der Waals surface area contributed by atoms with Crippen molar-refractivity contribution < 1.29 is 0 Å². The number of piperidine rings is 1. The van der Waals surface area contributed by atoms with Crippen molar-refractivity contribution in [3.05, 3.63) is 48.3 Å². The minimum atomic E-state index is 0. The average Bonchev–Trinajstić information content (AvgIpc) is 2.88. The van der Waals surface area contributed by atoms with Crippen LogP contribution >= 0.6 is 12.4 Å². The molecule has 1 aromatic carbocycles. The summed E-state index contributed by atoms with van der Waals surface area (Å²) in [7, 11) is 0. The van der Waals surface area contributed by atoms with Gasteiger partial charge < -0.3 is 5.73 Å². The lowest BCUT2D eigenvalue weighted by Crippen LogP contribution is -2.42. The summed E-state index contributed by atoms with van der Waals surface area (Å²) in [5.74, 6) is 0. The van der Waals surface area contributed by atoms with Crippen LogP contribution in [0, 0.1) is 0 Å². The smallest absolute Gasteiger partial charge is 0.0649 e. The number of para-hydroxylation sites is 1. The lowest BCUT2D eigenvalue weighted by Gasteiger charge is -2.30. The predicted molar refractivity (Wildman–Crippen MR) is 83.3 cm³/mol. The Hall–Kier alpha value is -1.36. The average molecular weight is 293 g/mol. The third kappa shape index (κ3) is 3.39. The fraction of sp³-hybridized carbons (Fsp3) is 0.400. The number of nitrogens with two attached hydrogens (primary N) is 1. The van der Waals surface area contributed by atoms with Crippen LogP contribution in [-0.2, 0) is 6.54 Å². The highest BCUT2D eigenvalue weighted by Gasteiger charge is 2.18. The van der Waals surface area contributed by atoms with Crippen LogP contribution in [0.3, 0.4) is 0 Å². The molecule has 108 valence electrons. The standard InChI is InChI=1S/C15H20N4.ClH/c16-13-5-4-10-18(11-13)12-15-8-9-17-19(15)14-6-2-1-3-7-14;/h1-3,6-9,13H,4-5,10-12,16H2;1H. The van der Waals surface area contributed by atoms with E-state index >= 15 is 0 Å². The summed E-state index contributed by atoms with van der Waals surface area (Å²) in [5, 5.41) is 4.43. The number of benzene rings is 1. The number of likely N-dealkylation sites (tertiary alicyclic amines) is 1. The van der Waals surface area contributed by atoms with Gasteiger partial charge in [-0.15, -0.1) is 12.4 Å². The van der Waals surface area contributed by atoms with Gasteiger partial charge in [0.1, 0.15) is 0 Å². The summed E-state index contributed by atoms with van der Waals surface area (Å²) in [6.45, 7) is 3.04. The molecule has 1 aliphatic heterocycles. The minimum Gasteiger partial charge on any atom is -0.327 e. The number of hydrogen-bond acceptors (Lipinski definition) is 3. The van der Waals surface area contributed by atoms with Crippen LogP contribution < -0.4 is 5.73 Å². The molecule has 1 aliphatic rings. The molecule has 0 aliphatic carbocycles. The van der Waals surface area contributed by atoms with Crippen LogP contribution in [0.25, 0.3) is 5.69 Å². The van der Waals surface area contributed by atoms with Crippen molar-refractivity contribution in [2.75, 3.05) is 13.1 Å². The van der Waals surface area contributed by atoms with E-state index in [1.807, 2.05) is 29.1 Å². The van der Waals surface area contributed by atoms with Crippen molar-refractivity contribution in [2.45, 2.75) is 25.4 Å². The minimum absolute atomic E-state index is 0. The molecule has 1 fully saturated rings. The highest BCUT2D eigenvalue weighted by atomic mass is 35.5. The second-order valence-corrected chi connectivity index (χ2v) is 5.21. The zero-order valence-corrected chi connectivity index (χ0v) is 12.3. The topological polar surface area (TPSA) is 47.1 Å². The molecule has 0 spiro atoms. The lowest BCUT2D eigenvalue weighted by atomic mass is 10.1. The van der Waals surface area contributed by atoms with Gasteiger partial charge in [-0.05, 0) is 37.6 Å². The molecule has 2 heterocycles. The van der Waals surface area contributed by atoms with Crippen LogP contribution in [0.1, 0.15) is 18.5 Å². The third-order valence-corrected chi connectivity index (χ3v) is 3.65. The van der Waals surface area contributed by atoms with Crippen LogP contribution in [0.2, 0.25) is 0 Å². The van der Waals surface area contributed by atoms with Crippen LogP contribution in [0.5, 0.6) is 0 Å². The van der Waals surface area contributed by atoms with E-state index in [0.717, 1.165) is 31.7 Å². The van der Waals surface area contributed by atoms with Crippen molar-refractivity contribution >= 4 is 12.4 Å². The van der Waals surface area contributed by atoms with E-state index in [1.165, 1.54) is 12.1 Å². The van der Waals surface area contributed by atoms with Gasteiger partial charge in [0.05, 0.1) is 11.4 Å². The number of aromatic nitrogens is 2. The molecule has 0 saturated carbocycles. The Balaban J connectivity index is 0.00000147. The second kappa shape index (κ2) is 6.88. The molecule has 0 amide bonds. The number of rotatable bonds is 3. The first-order valence-corrected chi connectivity index (χ1v) is 6.89. The number of hydrogen-bond donors (Lipinski definition) is 1. The molecule has 0 radical (unpaired) electrons. The Morgan fingerprint density at radius 3 is 2.75 bits per heavy atom. The van der Waals surface area contributed by atoms with E-state index in [-0.39, 0.29) is 12.4 Å². The highest BCUT2D eigenvalue weighted by molar-refractivity contribution is 5.85. The van der Waals surface area contributed by atoms with Gasteiger partial charge in [-0.25, -0.2) is 4.68 Å². The van der Waals surface area contributed by atoms with Crippen molar-refractivity contribution in [2.24, 2.45) is 5.73 Å². The molecule has 2 N–H and O–H groups in total. The van der Waals surface area contributed by atoms with Gasteiger partial charge in [0, 0.05) is 25.3 Å². The first-order chi connectivity index (χ1) is 9.33. The van der Waals surface area contributed by atoms with Gasteiger partial charge in [-0.1, -0.05) is 18.2 Å². The van der Waals surface area contributed by atoms with Crippen molar-refractivity contribution in [3.8, 4) is 5.69 Å². The van der Waals surface area contributed by atoms with Crippen molar-refractivity contribution in [1.82, 2.24) is 14.7 Å². The zero-order valence-electron chi connectivity index (χ0n) is 11.5. The molecule has 20 heavy (non-hydrogen) atoms. The predicted octanol–water partition coefficient (Wildman–Crippen LogP) is 2.22. The van der Waals surface area contributed by atoms with E-state index in [0.29, 0.717) is 6.04 Å². The molecule has 4 nitrogen and oxygen atoms in total. The molecule has 0 bridgehead atoms. The molecule has 1 atom stereocenters. The summed E-state index contributed by atoms with van der Waals surface area (Å²) >= 11 is 0. The Bertz CT molecular complexity index is 526. The van der Waals surface area contributed by atoms with Crippen LogP contribution in [0.4, 0.5) is 0 Å². The molecule has 1 saturated heterocycles. The second-order valence-electron chi connectivity index (χ2n) is 5.21. The Labute approximate surface area is 126 Å².